The zero-order valence-corrected chi connectivity index (χ0v) is 22.3. The molecule has 3 aromatic carbocycles. The molecule has 0 bridgehead atoms. The molecule has 1 N–H and O–H groups in total. The lowest BCUT2D eigenvalue weighted by atomic mass is 9.87. The Morgan fingerprint density at radius 1 is 1.03 bits per heavy atom. The Hall–Kier alpha value is -3.75. The number of methoxy groups -OCH3 is 1. The Bertz CT molecular complexity index is 1220. The van der Waals surface area contributed by atoms with E-state index in [2.05, 4.69) is 23.1 Å². The van der Waals surface area contributed by atoms with Gasteiger partial charge in [0.1, 0.15) is 23.9 Å². The molecule has 2 atom stereocenters. The zero-order chi connectivity index (χ0) is 27.0. The van der Waals surface area contributed by atoms with E-state index in [-0.39, 0.29) is 12.0 Å². The smallest absolute Gasteiger partial charge is 0.407 e. The number of rotatable bonds is 10. The van der Waals surface area contributed by atoms with Crippen LogP contribution >= 0.6 is 0 Å². The summed E-state index contributed by atoms with van der Waals surface area (Å²) in [6.45, 7) is 4.33. The second kappa shape index (κ2) is 12.9. The average molecular weight is 533 g/mol. The monoisotopic (exact) mass is 532 g/mol. The van der Waals surface area contributed by atoms with E-state index in [0.717, 1.165) is 60.2 Å². The molecule has 39 heavy (non-hydrogen) atoms. The van der Waals surface area contributed by atoms with Gasteiger partial charge in [-0.3, -0.25) is 0 Å². The molecule has 0 spiro atoms. The number of benzene rings is 3. The molecular formula is C31H36N2O6. The number of fused-ring (bicyclic) bond motifs is 1. The molecule has 206 valence electrons. The molecule has 2 aliphatic heterocycles. The molecule has 3 aromatic rings. The summed E-state index contributed by atoms with van der Waals surface area (Å²) in [5.74, 6) is 2.51. The van der Waals surface area contributed by atoms with Gasteiger partial charge in [-0.1, -0.05) is 36.4 Å². The first-order chi connectivity index (χ1) is 19.1. The molecule has 0 saturated carbocycles. The molecule has 2 unspecified atom stereocenters. The zero-order valence-electron chi connectivity index (χ0n) is 22.3. The number of piperidine rings is 1. The van der Waals surface area contributed by atoms with E-state index in [0.29, 0.717) is 32.7 Å². The number of carbonyl (C=O) groups is 1. The SMILES string of the molecule is COCCCN1CCOc2ccc(COC3CN(C(=O)O)CCC3c3ccc(Oc4ccccc4)cc3)cc21. The number of hydrogen-bond acceptors (Lipinski definition) is 6. The van der Waals surface area contributed by atoms with Gasteiger partial charge in [-0.25, -0.2) is 4.79 Å². The maximum Gasteiger partial charge on any atom is 0.407 e. The Morgan fingerprint density at radius 3 is 2.59 bits per heavy atom. The maximum atomic E-state index is 11.8. The quantitative estimate of drug-likeness (QED) is 0.332. The highest BCUT2D eigenvalue weighted by atomic mass is 16.5. The standard InChI is InChI=1S/C31H36N2O6/c1-36-18-5-15-32-17-19-37-29-13-8-23(20-28(29)32)22-38-30-21-33(31(34)35)16-14-27(30)24-9-11-26(12-10-24)39-25-6-3-2-4-7-25/h2-4,6-13,20,27,30H,5,14-19,21-22H2,1H3,(H,34,35). The molecule has 0 aliphatic carbocycles. The molecule has 0 aromatic heterocycles. The van der Waals surface area contributed by atoms with Crippen LogP contribution < -0.4 is 14.4 Å². The summed E-state index contributed by atoms with van der Waals surface area (Å²) in [4.78, 5) is 15.5. The van der Waals surface area contributed by atoms with Crippen molar-refractivity contribution in [2.24, 2.45) is 0 Å². The summed E-state index contributed by atoms with van der Waals surface area (Å²) < 4.78 is 23.5. The first kappa shape index (κ1) is 26.8. The van der Waals surface area contributed by atoms with Crippen LogP contribution in [0.5, 0.6) is 17.2 Å². The minimum atomic E-state index is -0.911. The fraction of sp³-hybridized carbons (Fsp3) is 0.387. The highest BCUT2D eigenvalue weighted by molar-refractivity contribution is 5.65. The first-order valence-corrected chi connectivity index (χ1v) is 13.5. The van der Waals surface area contributed by atoms with Crippen LogP contribution in [0.15, 0.2) is 72.8 Å². The fourth-order valence-corrected chi connectivity index (χ4v) is 5.29. The van der Waals surface area contributed by atoms with Gasteiger partial charge in [0, 0.05) is 32.7 Å². The summed E-state index contributed by atoms with van der Waals surface area (Å²) in [5, 5.41) is 9.65. The predicted molar refractivity (Wildman–Crippen MR) is 149 cm³/mol. The van der Waals surface area contributed by atoms with Gasteiger partial charge in [0.25, 0.3) is 0 Å². The van der Waals surface area contributed by atoms with Crippen LogP contribution in [0.1, 0.15) is 29.9 Å². The van der Waals surface area contributed by atoms with E-state index >= 15 is 0 Å². The van der Waals surface area contributed by atoms with Crippen LogP contribution in [-0.4, -0.2) is 68.7 Å². The van der Waals surface area contributed by atoms with Gasteiger partial charge in [-0.05, 0) is 60.4 Å². The molecule has 1 amide bonds. The highest BCUT2D eigenvalue weighted by Crippen LogP contribution is 2.35. The lowest BCUT2D eigenvalue weighted by Gasteiger charge is -2.37. The second-order valence-corrected chi connectivity index (χ2v) is 9.94. The Labute approximate surface area is 229 Å². The second-order valence-electron chi connectivity index (χ2n) is 9.94. The van der Waals surface area contributed by atoms with Gasteiger partial charge in [-0.15, -0.1) is 0 Å². The lowest BCUT2D eigenvalue weighted by molar-refractivity contribution is -0.0199. The summed E-state index contributed by atoms with van der Waals surface area (Å²) in [7, 11) is 1.72. The number of amides is 1. The fourth-order valence-electron chi connectivity index (χ4n) is 5.29. The van der Waals surface area contributed by atoms with E-state index in [1.807, 2.05) is 54.6 Å². The van der Waals surface area contributed by atoms with E-state index in [4.69, 9.17) is 18.9 Å². The third kappa shape index (κ3) is 6.82. The molecular weight excluding hydrogens is 496 g/mol. The number of para-hydroxylation sites is 1. The molecule has 8 heteroatoms. The molecule has 1 fully saturated rings. The molecule has 2 aliphatic rings. The van der Waals surface area contributed by atoms with Crippen molar-refractivity contribution >= 4 is 11.8 Å². The van der Waals surface area contributed by atoms with Crippen molar-refractivity contribution in [1.29, 1.82) is 0 Å². The van der Waals surface area contributed by atoms with E-state index < -0.39 is 6.09 Å². The summed E-state index contributed by atoms with van der Waals surface area (Å²) in [6, 6.07) is 23.9. The number of anilines is 1. The van der Waals surface area contributed by atoms with Crippen molar-refractivity contribution in [3.05, 3.63) is 83.9 Å². The van der Waals surface area contributed by atoms with E-state index in [1.165, 1.54) is 4.90 Å². The summed E-state index contributed by atoms with van der Waals surface area (Å²) in [5.41, 5.74) is 3.22. The van der Waals surface area contributed by atoms with Gasteiger partial charge in [0.2, 0.25) is 0 Å². The number of carboxylic acid groups (broad SMARTS) is 1. The van der Waals surface area contributed by atoms with Crippen molar-refractivity contribution in [2.75, 3.05) is 51.4 Å². The predicted octanol–water partition coefficient (Wildman–Crippen LogP) is 5.77. The number of likely N-dealkylation sites (tertiary alicyclic amines) is 1. The third-order valence-corrected chi connectivity index (χ3v) is 7.34. The van der Waals surface area contributed by atoms with Gasteiger partial charge < -0.3 is 33.9 Å². The largest absolute Gasteiger partial charge is 0.490 e. The minimum absolute atomic E-state index is 0.0814. The van der Waals surface area contributed by atoms with Crippen molar-refractivity contribution in [3.8, 4) is 17.2 Å². The Morgan fingerprint density at radius 2 is 1.82 bits per heavy atom. The molecule has 2 heterocycles. The number of ether oxygens (including phenoxy) is 4. The Balaban J connectivity index is 1.28. The van der Waals surface area contributed by atoms with Crippen molar-refractivity contribution in [3.63, 3.8) is 0 Å². The minimum Gasteiger partial charge on any atom is -0.490 e. The van der Waals surface area contributed by atoms with Crippen molar-refractivity contribution in [1.82, 2.24) is 4.90 Å². The van der Waals surface area contributed by atoms with Gasteiger partial charge in [-0.2, -0.15) is 0 Å². The normalized spacial score (nSPS) is 18.8. The summed E-state index contributed by atoms with van der Waals surface area (Å²) in [6.07, 6.45) is 0.467. The third-order valence-electron chi connectivity index (χ3n) is 7.34. The van der Waals surface area contributed by atoms with Crippen LogP contribution in [-0.2, 0) is 16.1 Å². The molecule has 0 radical (unpaired) electrons. The van der Waals surface area contributed by atoms with Gasteiger partial charge >= 0.3 is 6.09 Å². The lowest BCUT2D eigenvalue weighted by Crippen LogP contribution is -2.46. The van der Waals surface area contributed by atoms with Crippen molar-refractivity contribution in [2.45, 2.75) is 31.5 Å². The molecule has 8 nitrogen and oxygen atoms in total. The number of hydrogen-bond donors (Lipinski definition) is 1. The van der Waals surface area contributed by atoms with Crippen LogP contribution in [0.25, 0.3) is 0 Å². The average Bonchev–Trinajstić information content (AvgIpc) is 2.97. The van der Waals surface area contributed by atoms with Crippen LogP contribution in [0.3, 0.4) is 0 Å². The number of nitrogens with zero attached hydrogens (tertiary/aromatic N) is 2. The van der Waals surface area contributed by atoms with Crippen molar-refractivity contribution < 1.29 is 28.8 Å². The van der Waals surface area contributed by atoms with E-state index in [1.54, 1.807) is 7.11 Å². The van der Waals surface area contributed by atoms with Gasteiger partial charge in [0.15, 0.2) is 0 Å². The molecule has 5 rings (SSSR count). The van der Waals surface area contributed by atoms with Crippen LogP contribution in [0, 0.1) is 0 Å². The van der Waals surface area contributed by atoms with Crippen LogP contribution in [0.2, 0.25) is 0 Å². The highest BCUT2D eigenvalue weighted by Gasteiger charge is 2.33. The topological polar surface area (TPSA) is 80.7 Å². The molecule has 1 saturated heterocycles. The summed E-state index contributed by atoms with van der Waals surface area (Å²) >= 11 is 0. The van der Waals surface area contributed by atoms with Gasteiger partial charge in [0.05, 0.1) is 31.5 Å². The Kier molecular flexibility index (Phi) is 8.85. The van der Waals surface area contributed by atoms with Crippen LogP contribution in [0.4, 0.5) is 10.5 Å². The maximum absolute atomic E-state index is 11.8. The van der Waals surface area contributed by atoms with E-state index in [9.17, 15) is 9.90 Å². The first-order valence-electron chi connectivity index (χ1n) is 13.5.